The Morgan fingerprint density at radius 2 is 1.62 bits per heavy atom. The number of hydrogen-bond donors (Lipinski definition) is 0. The molecule has 1 rings (SSSR count). The van der Waals surface area contributed by atoms with Gasteiger partial charge in [0.25, 0.3) is 0 Å². The fourth-order valence-electron chi connectivity index (χ4n) is 0.763. The molecule has 0 atom stereocenters. The molecule has 0 aliphatic rings. The van der Waals surface area contributed by atoms with Crippen LogP contribution < -0.4 is 4.74 Å². The third-order valence-corrected chi connectivity index (χ3v) is 2.48. The predicted molar refractivity (Wildman–Crippen MR) is 57.7 cm³/mol. The van der Waals surface area contributed by atoms with E-state index in [0.717, 1.165) is 0 Å². The lowest BCUT2D eigenvalue weighted by Gasteiger charge is -2.07. The fraction of sp³-hybridized carbons (Fsp3) is 0.250. The summed E-state index contributed by atoms with van der Waals surface area (Å²) in [7, 11) is 0. The van der Waals surface area contributed by atoms with Gasteiger partial charge in [-0.1, -0.05) is 34.8 Å². The summed E-state index contributed by atoms with van der Waals surface area (Å²) in [5.74, 6) is 0.896. The highest BCUT2D eigenvalue weighted by Gasteiger charge is 2.06. The molecule has 0 aliphatic heterocycles. The predicted octanol–water partition coefficient (Wildman–Crippen LogP) is 4.26. The van der Waals surface area contributed by atoms with Crippen molar-refractivity contribution in [3.05, 3.63) is 27.2 Å². The summed E-state index contributed by atoms with van der Waals surface area (Å²) in [6.07, 6.45) is 0. The monoisotopic (exact) mass is 258 g/mol. The Bertz CT molecular complexity index is 300. The summed E-state index contributed by atoms with van der Waals surface area (Å²) in [4.78, 5) is 0. The van der Waals surface area contributed by atoms with Gasteiger partial charge in [0.1, 0.15) is 12.4 Å². The molecule has 0 bridgehead atoms. The number of alkyl halides is 1. The van der Waals surface area contributed by atoms with Crippen LogP contribution in [-0.2, 0) is 0 Å². The van der Waals surface area contributed by atoms with Crippen molar-refractivity contribution in [3.63, 3.8) is 0 Å². The van der Waals surface area contributed by atoms with Crippen molar-refractivity contribution in [2.75, 3.05) is 12.5 Å². The van der Waals surface area contributed by atoms with E-state index >= 15 is 0 Å². The van der Waals surface area contributed by atoms with Gasteiger partial charge in [-0.15, -0.1) is 11.6 Å². The zero-order valence-corrected chi connectivity index (χ0v) is 9.51. The lowest BCUT2D eigenvalue weighted by Crippen LogP contribution is -1.98. The average molecular weight is 260 g/mol. The van der Waals surface area contributed by atoms with E-state index in [2.05, 4.69) is 0 Å². The van der Waals surface area contributed by atoms with Crippen molar-refractivity contribution in [2.45, 2.75) is 0 Å². The number of rotatable bonds is 3. The summed E-state index contributed by atoms with van der Waals surface area (Å²) in [5, 5.41) is 1.25. The molecule has 0 amide bonds. The van der Waals surface area contributed by atoms with Gasteiger partial charge in [-0.25, -0.2) is 0 Å². The van der Waals surface area contributed by atoms with Gasteiger partial charge in [0.2, 0.25) is 0 Å². The molecule has 0 radical (unpaired) electrons. The zero-order valence-electron chi connectivity index (χ0n) is 6.49. The van der Waals surface area contributed by atoms with Crippen LogP contribution in [0.3, 0.4) is 0 Å². The van der Waals surface area contributed by atoms with Crippen molar-refractivity contribution in [1.29, 1.82) is 0 Å². The second-order valence-electron chi connectivity index (χ2n) is 2.23. The normalized spacial score (nSPS) is 10.2. The maximum absolute atomic E-state index is 5.83. The second kappa shape index (κ2) is 5.16. The summed E-state index contributed by atoms with van der Waals surface area (Å²) < 4.78 is 5.21. The minimum Gasteiger partial charge on any atom is -0.491 e. The summed E-state index contributed by atoms with van der Waals surface area (Å²) >= 11 is 22.8. The van der Waals surface area contributed by atoms with Gasteiger partial charge in [-0.2, -0.15) is 0 Å². The molecule has 0 aromatic heterocycles. The van der Waals surface area contributed by atoms with E-state index in [4.69, 9.17) is 51.1 Å². The maximum atomic E-state index is 5.83. The smallest absolute Gasteiger partial charge is 0.139 e. The summed E-state index contributed by atoms with van der Waals surface area (Å²) in [6.45, 7) is 0.388. The Labute approximate surface area is 96.5 Å². The van der Waals surface area contributed by atoms with E-state index in [1.807, 2.05) is 0 Å². The molecule has 0 N–H and O–H groups in total. The number of halogens is 4. The standard InChI is InChI=1S/C8H6Cl4O/c9-1-2-13-8-4-6(11)5(10)3-7(8)12/h3-4H,1-2H2. The number of benzene rings is 1. The van der Waals surface area contributed by atoms with E-state index < -0.39 is 0 Å². The van der Waals surface area contributed by atoms with E-state index in [1.165, 1.54) is 6.07 Å². The van der Waals surface area contributed by atoms with Crippen molar-refractivity contribution in [2.24, 2.45) is 0 Å². The van der Waals surface area contributed by atoms with Crippen molar-refractivity contribution in [1.82, 2.24) is 0 Å². The van der Waals surface area contributed by atoms with Crippen molar-refractivity contribution >= 4 is 46.4 Å². The van der Waals surface area contributed by atoms with Crippen molar-refractivity contribution in [3.8, 4) is 5.75 Å². The van der Waals surface area contributed by atoms with Crippen LogP contribution in [0.1, 0.15) is 0 Å². The van der Waals surface area contributed by atoms with Crippen LogP contribution in [0.2, 0.25) is 15.1 Å². The number of ether oxygens (including phenoxy) is 1. The first kappa shape index (κ1) is 11.3. The highest BCUT2D eigenvalue weighted by Crippen LogP contribution is 2.33. The second-order valence-corrected chi connectivity index (χ2v) is 3.83. The zero-order chi connectivity index (χ0) is 9.84. The fourth-order valence-corrected chi connectivity index (χ4v) is 1.43. The first-order valence-corrected chi connectivity index (χ1v) is 5.15. The molecule has 0 fully saturated rings. The van der Waals surface area contributed by atoms with Crippen LogP contribution in [0, 0.1) is 0 Å². The molecular weight excluding hydrogens is 254 g/mol. The van der Waals surface area contributed by atoms with Crippen molar-refractivity contribution < 1.29 is 4.74 Å². The van der Waals surface area contributed by atoms with Crippen LogP contribution in [0.25, 0.3) is 0 Å². The quantitative estimate of drug-likeness (QED) is 0.582. The van der Waals surface area contributed by atoms with Gasteiger partial charge in [-0.3, -0.25) is 0 Å². The van der Waals surface area contributed by atoms with Gasteiger partial charge in [0, 0.05) is 6.07 Å². The van der Waals surface area contributed by atoms with Crippen LogP contribution in [-0.4, -0.2) is 12.5 Å². The van der Waals surface area contributed by atoms with Gasteiger partial charge >= 0.3 is 0 Å². The van der Waals surface area contributed by atoms with E-state index in [9.17, 15) is 0 Å². The largest absolute Gasteiger partial charge is 0.491 e. The van der Waals surface area contributed by atoms with E-state index in [1.54, 1.807) is 6.07 Å². The van der Waals surface area contributed by atoms with Crippen LogP contribution >= 0.6 is 46.4 Å². The molecule has 1 nitrogen and oxygen atoms in total. The lowest BCUT2D eigenvalue weighted by atomic mass is 10.3. The van der Waals surface area contributed by atoms with Gasteiger partial charge in [0.15, 0.2) is 0 Å². The third-order valence-electron chi connectivity index (χ3n) is 1.31. The SMILES string of the molecule is ClCCOc1cc(Cl)c(Cl)cc1Cl. The molecule has 0 saturated heterocycles. The Hall–Kier alpha value is 0.180. The number of hydrogen-bond acceptors (Lipinski definition) is 1. The Kier molecular flexibility index (Phi) is 4.47. The Balaban J connectivity index is 2.88. The molecule has 0 aliphatic carbocycles. The summed E-state index contributed by atoms with van der Waals surface area (Å²) in [6, 6.07) is 3.10. The van der Waals surface area contributed by atoms with E-state index in [0.29, 0.717) is 33.3 Å². The topological polar surface area (TPSA) is 9.23 Å². The summed E-state index contributed by atoms with van der Waals surface area (Å²) in [5.41, 5.74) is 0. The maximum Gasteiger partial charge on any atom is 0.139 e. The minimum atomic E-state index is 0.388. The highest BCUT2D eigenvalue weighted by atomic mass is 35.5. The van der Waals surface area contributed by atoms with Crippen LogP contribution in [0.4, 0.5) is 0 Å². The van der Waals surface area contributed by atoms with Gasteiger partial charge in [0.05, 0.1) is 20.9 Å². The Morgan fingerprint density at radius 3 is 2.23 bits per heavy atom. The van der Waals surface area contributed by atoms with Crippen LogP contribution in [0.5, 0.6) is 5.75 Å². The molecule has 0 saturated carbocycles. The molecule has 5 heteroatoms. The average Bonchev–Trinajstić information content (AvgIpc) is 2.09. The minimum absolute atomic E-state index is 0.388. The first-order valence-electron chi connectivity index (χ1n) is 3.48. The molecule has 1 aromatic carbocycles. The highest BCUT2D eigenvalue weighted by molar-refractivity contribution is 6.43. The molecule has 1 aromatic rings. The molecular formula is C8H6Cl4O. The third kappa shape index (κ3) is 3.10. The first-order chi connectivity index (χ1) is 6.15. The van der Waals surface area contributed by atoms with Crippen LogP contribution in [0.15, 0.2) is 12.1 Å². The van der Waals surface area contributed by atoms with Gasteiger partial charge in [-0.05, 0) is 6.07 Å². The molecule has 13 heavy (non-hydrogen) atoms. The molecule has 0 unspecified atom stereocenters. The molecule has 72 valence electrons. The van der Waals surface area contributed by atoms with Gasteiger partial charge < -0.3 is 4.74 Å². The van der Waals surface area contributed by atoms with E-state index in [-0.39, 0.29) is 0 Å². The molecule has 0 spiro atoms. The Morgan fingerprint density at radius 1 is 1.00 bits per heavy atom. The lowest BCUT2D eigenvalue weighted by molar-refractivity contribution is 0.343. The molecule has 0 heterocycles.